The van der Waals surface area contributed by atoms with Crippen molar-refractivity contribution >= 4 is 29.0 Å². The molecule has 2 aromatic rings. The molecule has 5 atom stereocenters. The topological polar surface area (TPSA) is 69.0 Å². The first kappa shape index (κ1) is 20.9. The molecule has 0 radical (unpaired) electrons. The Hall–Kier alpha value is -1.38. The average molecular weight is 435 g/mol. The fourth-order valence-electron chi connectivity index (χ4n) is 5.13. The third kappa shape index (κ3) is 4.54. The van der Waals surface area contributed by atoms with Crippen LogP contribution in [0.15, 0.2) is 22.7 Å². The summed E-state index contributed by atoms with van der Waals surface area (Å²) in [5.41, 5.74) is 0. The molecule has 0 aliphatic heterocycles. The Morgan fingerprint density at radius 2 is 2.24 bits per heavy atom. The van der Waals surface area contributed by atoms with Gasteiger partial charge in [-0.05, 0) is 62.3 Å². The molecule has 2 fully saturated rings. The van der Waals surface area contributed by atoms with E-state index in [1.54, 1.807) is 18.4 Å². The fraction of sp³-hybridized carbons (Fsp3) is 0.667. The second kappa shape index (κ2) is 9.18. The average Bonchev–Trinajstić information content (AvgIpc) is 3.49. The van der Waals surface area contributed by atoms with Gasteiger partial charge in [-0.3, -0.25) is 9.36 Å². The summed E-state index contributed by atoms with van der Waals surface area (Å²) in [7, 11) is 1.64. The molecule has 2 heterocycles. The highest BCUT2D eigenvalue weighted by Gasteiger charge is 2.43. The molecule has 1 N–H and O–H groups in total. The number of amides is 1. The molecule has 5 unspecified atom stereocenters. The normalized spacial score (nSPS) is 25.3. The first-order chi connectivity index (χ1) is 14.1. The molecule has 2 aliphatic carbocycles. The molecule has 0 saturated heterocycles. The van der Waals surface area contributed by atoms with Gasteiger partial charge in [-0.25, -0.2) is 0 Å². The number of nitrogens with zero attached hydrogens (tertiary/aromatic N) is 3. The maximum atomic E-state index is 12.3. The number of ether oxygens (including phenoxy) is 1. The van der Waals surface area contributed by atoms with Gasteiger partial charge in [0, 0.05) is 19.2 Å². The van der Waals surface area contributed by atoms with E-state index >= 15 is 0 Å². The molecule has 2 bridgehead atoms. The summed E-state index contributed by atoms with van der Waals surface area (Å²) in [4.78, 5) is 13.5. The lowest BCUT2D eigenvalue weighted by Gasteiger charge is -2.30. The van der Waals surface area contributed by atoms with E-state index in [4.69, 9.17) is 4.74 Å². The summed E-state index contributed by atoms with van der Waals surface area (Å²) >= 11 is 3.17. The van der Waals surface area contributed by atoms with Gasteiger partial charge in [-0.15, -0.1) is 21.5 Å². The Bertz CT molecular complexity index is 823. The van der Waals surface area contributed by atoms with Crippen LogP contribution in [0.3, 0.4) is 0 Å². The number of hydrogen-bond donors (Lipinski definition) is 1. The molecule has 4 rings (SSSR count). The van der Waals surface area contributed by atoms with Gasteiger partial charge in [0.1, 0.15) is 0 Å². The Balaban J connectivity index is 1.52. The van der Waals surface area contributed by atoms with Crippen LogP contribution in [0.4, 0.5) is 0 Å². The van der Waals surface area contributed by atoms with Crippen molar-refractivity contribution in [2.24, 2.45) is 17.8 Å². The largest absolute Gasteiger partial charge is 0.383 e. The van der Waals surface area contributed by atoms with Crippen LogP contribution in [-0.4, -0.2) is 46.2 Å². The van der Waals surface area contributed by atoms with E-state index in [2.05, 4.69) is 44.5 Å². The smallest absolute Gasteiger partial charge is 0.230 e. The molecule has 0 spiro atoms. The van der Waals surface area contributed by atoms with Crippen LogP contribution in [-0.2, 0) is 9.53 Å². The molecule has 6 nitrogen and oxygen atoms in total. The molecular weight excluding hydrogens is 404 g/mol. The standard InChI is InChI=1S/C21H30N4O2S2/c1-13(11-27-3)22-19(26)12-29-21-24-23-20(18-5-4-8-28-18)25(21)14(2)17-10-15-6-7-16(17)9-15/h4-5,8,13-17H,6-7,9-12H2,1-3H3,(H,22,26). The van der Waals surface area contributed by atoms with Gasteiger partial charge in [0.15, 0.2) is 11.0 Å². The first-order valence-electron chi connectivity index (χ1n) is 10.5. The zero-order valence-electron chi connectivity index (χ0n) is 17.3. The molecule has 8 heteroatoms. The summed E-state index contributed by atoms with van der Waals surface area (Å²) in [5, 5.41) is 14.9. The molecule has 0 aromatic carbocycles. The summed E-state index contributed by atoms with van der Waals surface area (Å²) in [6, 6.07) is 4.50. The molecule has 2 saturated carbocycles. The zero-order valence-corrected chi connectivity index (χ0v) is 19.0. The number of thioether (sulfide) groups is 1. The van der Waals surface area contributed by atoms with Crippen molar-refractivity contribution in [3.05, 3.63) is 17.5 Å². The van der Waals surface area contributed by atoms with E-state index in [0.717, 1.165) is 27.7 Å². The molecule has 158 valence electrons. The number of methoxy groups -OCH3 is 1. The van der Waals surface area contributed by atoms with Crippen molar-refractivity contribution in [1.29, 1.82) is 0 Å². The van der Waals surface area contributed by atoms with Crippen LogP contribution in [0.2, 0.25) is 0 Å². The minimum absolute atomic E-state index is 0.000567. The second-order valence-corrected chi connectivity index (χ2v) is 10.3. The predicted molar refractivity (Wildman–Crippen MR) is 117 cm³/mol. The Morgan fingerprint density at radius 3 is 2.90 bits per heavy atom. The summed E-state index contributed by atoms with van der Waals surface area (Å²) < 4.78 is 7.40. The predicted octanol–water partition coefficient (Wildman–Crippen LogP) is 4.25. The van der Waals surface area contributed by atoms with Gasteiger partial charge in [-0.1, -0.05) is 24.2 Å². The van der Waals surface area contributed by atoms with Gasteiger partial charge >= 0.3 is 0 Å². The van der Waals surface area contributed by atoms with Crippen molar-refractivity contribution in [3.63, 3.8) is 0 Å². The molecule has 2 aliphatic rings. The SMILES string of the molecule is COCC(C)NC(=O)CSc1nnc(-c2cccs2)n1C(C)C1CC2CCC1C2. The van der Waals surface area contributed by atoms with Crippen LogP contribution < -0.4 is 5.32 Å². The summed E-state index contributed by atoms with van der Waals surface area (Å²) in [6.45, 7) is 4.77. The van der Waals surface area contributed by atoms with E-state index in [1.807, 2.05) is 6.92 Å². The Kier molecular flexibility index (Phi) is 6.61. The quantitative estimate of drug-likeness (QED) is 0.598. The van der Waals surface area contributed by atoms with Crippen LogP contribution in [0.25, 0.3) is 10.7 Å². The van der Waals surface area contributed by atoms with Crippen molar-refractivity contribution in [2.75, 3.05) is 19.5 Å². The van der Waals surface area contributed by atoms with Crippen molar-refractivity contribution < 1.29 is 9.53 Å². The van der Waals surface area contributed by atoms with Gasteiger partial charge in [0.2, 0.25) is 5.91 Å². The van der Waals surface area contributed by atoms with Crippen LogP contribution in [0, 0.1) is 17.8 Å². The highest BCUT2D eigenvalue weighted by Crippen LogP contribution is 2.53. The van der Waals surface area contributed by atoms with Crippen LogP contribution >= 0.6 is 23.1 Å². The maximum Gasteiger partial charge on any atom is 0.230 e. The van der Waals surface area contributed by atoms with Crippen molar-refractivity contribution in [3.8, 4) is 10.7 Å². The second-order valence-electron chi connectivity index (χ2n) is 8.45. The zero-order chi connectivity index (χ0) is 20.4. The van der Waals surface area contributed by atoms with Gasteiger partial charge < -0.3 is 10.1 Å². The van der Waals surface area contributed by atoms with Gasteiger partial charge in [0.25, 0.3) is 0 Å². The van der Waals surface area contributed by atoms with Crippen LogP contribution in [0.5, 0.6) is 0 Å². The number of carbonyl (C=O) groups is 1. The number of rotatable bonds is 9. The highest BCUT2D eigenvalue weighted by molar-refractivity contribution is 7.99. The highest BCUT2D eigenvalue weighted by atomic mass is 32.2. The van der Waals surface area contributed by atoms with Gasteiger partial charge in [-0.2, -0.15) is 0 Å². The molecule has 29 heavy (non-hydrogen) atoms. The van der Waals surface area contributed by atoms with E-state index in [9.17, 15) is 4.79 Å². The van der Waals surface area contributed by atoms with E-state index in [0.29, 0.717) is 24.3 Å². The number of fused-ring (bicyclic) bond motifs is 2. The first-order valence-corrected chi connectivity index (χ1v) is 12.3. The summed E-state index contributed by atoms with van der Waals surface area (Å²) in [6.07, 6.45) is 5.45. The van der Waals surface area contributed by atoms with E-state index < -0.39 is 0 Å². The van der Waals surface area contributed by atoms with E-state index in [1.165, 1.54) is 37.4 Å². The van der Waals surface area contributed by atoms with Crippen LogP contribution in [0.1, 0.15) is 45.6 Å². The third-order valence-corrected chi connectivity index (χ3v) is 8.19. The monoisotopic (exact) mass is 434 g/mol. The lowest BCUT2D eigenvalue weighted by atomic mass is 9.84. The maximum absolute atomic E-state index is 12.3. The number of aromatic nitrogens is 3. The molecule has 2 aromatic heterocycles. The lowest BCUT2D eigenvalue weighted by Crippen LogP contribution is -2.36. The number of hydrogen-bond acceptors (Lipinski definition) is 6. The van der Waals surface area contributed by atoms with E-state index in [-0.39, 0.29) is 11.9 Å². The summed E-state index contributed by atoms with van der Waals surface area (Å²) in [5.74, 6) is 3.67. The number of thiophene rings is 1. The number of nitrogens with one attached hydrogen (secondary N) is 1. The van der Waals surface area contributed by atoms with Gasteiger partial charge in [0.05, 0.1) is 17.2 Å². The molecular formula is C21H30N4O2S2. The number of carbonyl (C=O) groups excluding carboxylic acids is 1. The third-order valence-electron chi connectivity index (χ3n) is 6.38. The van der Waals surface area contributed by atoms with Crippen molar-refractivity contribution in [1.82, 2.24) is 20.1 Å². The fourth-order valence-corrected chi connectivity index (χ4v) is 6.67. The molecule has 1 amide bonds. The Morgan fingerprint density at radius 1 is 1.38 bits per heavy atom. The lowest BCUT2D eigenvalue weighted by molar-refractivity contribution is -0.119. The minimum Gasteiger partial charge on any atom is -0.383 e. The van der Waals surface area contributed by atoms with Crippen molar-refractivity contribution in [2.45, 2.75) is 56.8 Å². The minimum atomic E-state index is -0.000602. The Labute approximate surface area is 180 Å².